The van der Waals surface area contributed by atoms with Gasteiger partial charge in [0.2, 0.25) is 0 Å². The number of hydrogen-bond acceptors (Lipinski definition) is 2. The zero-order chi connectivity index (χ0) is 10.1. The third kappa shape index (κ3) is 1.56. The van der Waals surface area contributed by atoms with E-state index < -0.39 is 0 Å². The van der Waals surface area contributed by atoms with E-state index in [2.05, 4.69) is 11.1 Å². The topological polar surface area (TPSA) is 22.1 Å². The molecular formula is C13H13NO. The first-order chi connectivity index (χ1) is 7.43. The average molecular weight is 199 g/mol. The summed E-state index contributed by atoms with van der Waals surface area (Å²) < 4.78 is 5.92. The molecule has 3 rings (SSSR count). The highest BCUT2D eigenvalue weighted by Gasteiger charge is 2.19. The standard InChI is InChI=1S/C13H13NO/c1-2-7-12-11(6-1)13(8-9-14-12)15-10-4-3-5-10/h1-2,6-10H,3-5H2. The highest BCUT2D eigenvalue weighted by atomic mass is 16.5. The number of rotatable bonds is 2. The molecule has 1 saturated carbocycles. The van der Waals surface area contributed by atoms with Gasteiger partial charge in [0, 0.05) is 11.6 Å². The Hall–Kier alpha value is -1.57. The van der Waals surface area contributed by atoms with Gasteiger partial charge in [-0.1, -0.05) is 12.1 Å². The van der Waals surface area contributed by atoms with Crippen LogP contribution in [0.3, 0.4) is 0 Å². The first-order valence-corrected chi connectivity index (χ1v) is 5.44. The van der Waals surface area contributed by atoms with Gasteiger partial charge in [-0.15, -0.1) is 0 Å². The molecule has 1 fully saturated rings. The molecule has 1 aliphatic carbocycles. The molecule has 2 aromatic rings. The van der Waals surface area contributed by atoms with Crippen LogP contribution in [0.1, 0.15) is 19.3 Å². The van der Waals surface area contributed by atoms with Crippen LogP contribution in [0.15, 0.2) is 36.5 Å². The lowest BCUT2D eigenvalue weighted by Crippen LogP contribution is -2.24. The molecular weight excluding hydrogens is 186 g/mol. The lowest BCUT2D eigenvalue weighted by molar-refractivity contribution is 0.122. The lowest BCUT2D eigenvalue weighted by Gasteiger charge is -2.26. The van der Waals surface area contributed by atoms with Crippen molar-refractivity contribution in [3.63, 3.8) is 0 Å². The van der Waals surface area contributed by atoms with E-state index in [1.807, 2.05) is 30.5 Å². The highest BCUT2D eigenvalue weighted by molar-refractivity contribution is 5.84. The number of benzene rings is 1. The average Bonchev–Trinajstić information content (AvgIpc) is 2.23. The second-order valence-corrected chi connectivity index (χ2v) is 4.00. The van der Waals surface area contributed by atoms with Crippen LogP contribution in [-0.2, 0) is 0 Å². The molecule has 2 nitrogen and oxygen atoms in total. The fraction of sp³-hybridized carbons (Fsp3) is 0.308. The van der Waals surface area contributed by atoms with Crippen LogP contribution in [0.4, 0.5) is 0 Å². The second kappa shape index (κ2) is 3.54. The Labute approximate surface area is 88.9 Å². The largest absolute Gasteiger partial charge is 0.490 e. The maximum Gasteiger partial charge on any atom is 0.130 e. The summed E-state index contributed by atoms with van der Waals surface area (Å²) in [6.07, 6.45) is 5.92. The predicted octanol–water partition coefficient (Wildman–Crippen LogP) is 3.17. The Balaban J connectivity index is 2.01. The Morgan fingerprint density at radius 3 is 2.80 bits per heavy atom. The van der Waals surface area contributed by atoms with Crippen LogP contribution in [0.25, 0.3) is 10.9 Å². The summed E-state index contributed by atoms with van der Waals surface area (Å²) in [4.78, 5) is 4.31. The van der Waals surface area contributed by atoms with E-state index in [4.69, 9.17) is 4.74 Å². The van der Waals surface area contributed by atoms with Gasteiger partial charge in [-0.25, -0.2) is 0 Å². The normalized spacial score (nSPS) is 16.3. The van der Waals surface area contributed by atoms with Crippen molar-refractivity contribution in [1.82, 2.24) is 4.98 Å². The molecule has 0 N–H and O–H groups in total. The summed E-state index contributed by atoms with van der Waals surface area (Å²) in [6.45, 7) is 0. The van der Waals surface area contributed by atoms with E-state index >= 15 is 0 Å². The molecule has 0 unspecified atom stereocenters. The van der Waals surface area contributed by atoms with E-state index in [-0.39, 0.29) is 0 Å². The van der Waals surface area contributed by atoms with Crippen molar-refractivity contribution in [1.29, 1.82) is 0 Å². The summed E-state index contributed by atoms with van der Waals surface area (Å²) >= 11 is 0. The van der Waals surface area contributed by atoms with Crippen molar-refractivity contribution in [3.05, 3.63) is 36.5 Å². The molecule has 0 bridgehead atoms. The number of fused-ring (bicyclic) bond motifs is 1. The van der Waals surface area contributed by atoms with Gasteiger partial charge in [0.15, 0.2) is 0 Å². The fourth-order valence-corrected chi connectivity index (χ4v) is 1.84. The van der Waals surface area contributed by atoms with Crippen LogP contribution in [0, 0.1) is 0 Å². The van der Waals surface area contributed by atoms with Gasteiger partial charge in [-0.05, 0) is 37.5 Å². The minimum atomic E-state index is 0.427. The Morgan fingerprint density at radius 1 is 1.13 bits per heavy atom. The van der Waals surface area contributed by atoms with E-state index in [0.717, 1.165) is 16.7 Å². The van der Waals surface area contributed by atoms with E-state index in [0.29, 0.717) is 6.10 Å². The third-order valence-electron chi connectivity index (χ3n) is 2.95. The van der Waals surface area contributed by atoms with Gasteiger partial charge in [0.25, 0.3) is 0 Å². The van der Waals surface area contributed by atoms with Crippen LogP contribution >= 0.6 is 0 Å². The number of para-hydroxylation sites is 1. The molecule has 0 radical (unpaired) electrons. The third-order valence-corrected chi connectivity index (χ3v) is 2.95. The molecule has 1 aliphatic rings. The van der Waals surface area contributed by atoms with Crippen LogP contribution in [-0.4, -0.2) is 11.1 Å². The maximum absolute atomic E-state index is 5.92. The van der Waals surface area contributed by atoms with E-state index in [1.165, 1.54) is 19.3 Å². The summed E-state index contributed by atoms with van der Waals surface area (Å²) in [6, 6.07) is 10.1. The monoisotopic (exact) mass is 199 g/mol. The molecule has 0 spiro atoms. The van der Waals surface area contributed by atoms with E-state index in [1.54, 1.807) is 0 Å². The maximum atomic E-state index is 5.92. The van der Waals surface area contributed by atoms with Crippen LogP contribution in [0.5, 0.6) is 5.75 Å². The first kappa shape index (κ1) is 8.72. The molecule has 1 aromatic heterocycles. The number of nitrogens with zero attached hydrogens (tertiary/aromatic N) is 1. The number of pyridine rings is 1. The molecule has 1 heterocycles. The van der Waals surface area contributed by atoms with Gasteiger partial charge in [0.05, 0.1) is 11.6 Å². The van der Waals surface area contributed by atoms with Gasteiger partial charge < -0.3 is 4.74 Å². The molecule has 0 amide bonds. The van der Waals surface area contributed by atoms with Crippen molar-refractivity contribution < 1.29 is 4.74 Å². The Kier molecular flexibility index (Phi) is 2.05. The Morgan fingerprint density at radius 2 is 2.00 bits per heavy atom. The lowest BCUT2D eigenvalue weighted by atomic mass is 9.96. The number of aromatic nitrogens is 1. The fourth-order valence-electron chi connectivity index (χ4n) is 1.84. The quantitative estimate of drug-likeness (QED) is 0.741. The van der Waals surface area contributed by atoms with E-state index in [9.17, 15) is 0 Å². The SMILES string of the molecule is c1ccc2c(OC3CCC3)ccnc2c1. The smallest absolute Gasteiger partial charge is 0.130 e. The second-order valence-electron chi connectivity index (χ2n) is 4.00. The number of hydrogen-bond donors (Lipinski definition) is 0. The summed E-state index contributed by atoms with van der Waals surface area (Å²) in [5, 5.41) is 1.12. The summed E-state index contributed by atoms with van der Waals surface area (Å²) in [5.74, 6) is 0.977. The molecule has 76 valence electrons. The van der Waals surface area contributed by atoms with Crippen molar-refractivity contribution >= 4 is 10.9 Å². The minimum Gasteiger partial charge on any atom is -0.490 e. The van der Waals surface area contributed by atoms with Crippen LogP contribution < -0.4 is 4.74 Å². The van der Waals surface area contributed by atoms with Crippen molar-refractivity contribution in [3.8, 4) is 5.75 Å². The van der Waals surface area contributed by atoms with Gasteiger partial charge in [-0.2, -0.15) is 0 Å². The van der Waals surface area contributed by atoms with Gasteiger partial charge in [-0.3, -0.25) is 4.98 Å². The molecule has 2 heteroatoms. The molecule has 0 atom stereocenters. The van der Waals surface area contributed by atoms with Crippen molar-refractivity contribution in [2.45, 2.75) is 25.4 Å². The summed E-state index contributed by atoms with van der Waals surface area (Å²) in [7, 11) is 0. The molecule has 15 heavy (non-hydrogen) atoms. The number of ether oxygens (including phenoxy) is 1. The van der Waals surface area contributed by atoms with Gasteiger partial charge in [0.1, 0.15) is 5.75 Å². The zero-order valence-corrected chi connectivity index (χ0v) is 8.52. The predicted molar refractivity (Wildman–Crippen MR) is 60.0 cm³/mol. The van der Waals surface area contributed by atoms with Crippen LogP contribution in [0.2, 0.25) is 0 Å². The Bertz CT molecular complexity index is 471. The zero-order valence-electron chi connectivity index (χ0n) is 8.52. The summed E-state index contributed by atoms with van der Waals surface area (Å²) in [5.41, 5.74) is 1.01. The van der Waals surface area contributed by atoms with Crippen molar-refractivity contribution in [2.24, 2.45) is 0 Å². The van der Waals surface area contributed by atoms with Crippen molar-refractivity contribution in [2.75, 3.05) is 0 Å². The first-order valence-electron chi connectivity index (χ1n) is 5.44. The minimum absolute atomic E-state index is 0.427. The molecule has 0 saturated heterocycles. The molecule has 1 aromatic carbocycles. The van der Waals surface area contributed by atoms with Gasteiger partial charge >= 0.3 is 0 Å². The molecule has 0 aliphatic heterocycles. The highest BCUT2D eigenvalue weighted by Crippen LogP contribution is 2.29.